The van der Waals surface area contributed by atoms with Crippen molar-refractivity contribution in [3.8, 4) is 5.75 Å². The van der Waals surface area contributed by atoms with Crippen LogP contribution in [0, 0.1) is 0 Å². The summed E-state index contributed by atoms with van der Waals surface area (Å²) in [4.78, 5) is 15.4. The van der Waals surface area contributed by atoms with Gasteiger partial charge in [-0.1, -0.05) is 42.3 Å². The summed E-state index contributed by atoms with van der Waals surface area (Å²) in [6, 6.07) is 16.8. The lowest BCUT2D eigenvalue weighted by Gasteiger charge is -2.49. The van der Waals surface area contributed by atoms with Crippen LogP contribution in [0.25, 0.3) is 0 Å². The maximum atomic E-state index is 12.8. The quantitative estimate of drug-likeness (QED) is 0.796. The lowest BCUT2D eigenvalue weighted by atomic mass is 9.81. The number of rotatable bonds is 5. The average Bonchev–Trinajstić information content (AvgIpc) is 2.70. The molecule has 4 rings (SSSR count). The van der Waals surface area contributed by atoms with Crippen molar-refractivity contribution in [3.05, 3.63) is 64.7 Å². The van der Waals surface area contributed by atoms with Crippen molar-refractivity contribution in [1.82, 2.24) is 10.2 Å². The molecule has 2 aliphatic rings. The number of fused-ring (bicyclic) bond motifs is 2. The van der Waals surface area contributed by atoms with Crippen LogP contribution in [0.5, 0.6) is 5.75 Å². The number of benzene rings is 2. The molecule has 1 amide bonds. The van der Waals surface area contributed by atoms with Crippen LogP contribution in [-0.2, 0) is 6.54 Å². The Morgan fingerprint density at radius 2 is 1.79 bits per heavy atom. The Hall–Kier alpha value is -2.04. The Bertz CT molecular complexity index is 810. The number of amides is 1. The van der Waals surface area contributed by atoms with Crippen molar-refractivity contribution in [2.75, 3.05) is 7.11 Å². The van der Waals surface area contributed by atoms with E-state index in [0.717, 1.165) is 24.4 Å². The van der Waals surface area contributed by atoms with Gasteiger partial charge in [-0.05, 0) is 55.5 Å². The van der Waals surface area contributed by atoms with Crippen molar-refractivity contribution in [3.63, 3.8) is 0 Å². The fraction of sp³-hybridized carbons (Fsp3) is 0.435. The molecular formula is C23H27ClN2O2. The van der Waals surface area contributed by atoms with E-state index in [0.29, 0.717) is 23.4 Å². The van der Waals surface area contributed by atoms with Gasteiger partial charge in [0.1, 0.15) is 5.75 Å². The molecule has 148 valence electrons. The Kier molecular flexibility index (Phi) is 5.88. The molecule has 5 heteroatoms. The SMILES string of the molecule is COc1ccccc1C(=O)NC1CC2CCCC(C1)N2Cc1ccc(Cl)cc1. The van der Waals surface area contributed by atoms with E-state index in [1.54, 1.807) is 7.11 Å². The van der Waals surface area contributed by atoms with Gasteiger partial charge in [-0.3, -0.25) is 9.69 Å². The van der Waals surface area contributed by atoms with Crippen molar-refractivity contribution >= 4 is 17.5 Å². The fourth-order valence-corrected chi connectivity index (χ4v) is 4.88. The zero-order valence-electron chi connectivity index (χ0n) is 16.2. The van der Waals surface area contributed by atoms with Crippen LogP contribution in [0.2, 0.25) is 5.02 Å². The smallest absolute Gasteiger partial charge is 0.255 e. The first-order chi connectivity index (χ1) is 13.6. The zero-order chi connectivity index (χ0) is 19.5. The summed E-state index contributed by atoms with van der Waals surface area (Å²) in [7, 11) is 1.60. The molecule has 0 aromatic heterocycles. The molecule has 2 aromatic carbocycles. The number of hydrogen-bond donors (Lipinski definition) is 1. The summed E-state index contributed by atoms with van der Waals surface area (Å²) in [5, 5.41) is 4.05. The number of piperidine rings is 2. The highest BCUT2D eigenvalue weighted by Gasteiger charge is 2.38. The van der Waals surface area contributed by atoms with Crippen LogP contribution in [0.1, 0.15) is 48.0 Å². The van der Waals surface area contributed by atoms with Gasteiger partial charge in [0, 0.05) is 29.7 Å². The maximum Gasteiger partial charge on any atom is 0.255 e. The van der Waals surface area contributed by atoms with Crippen molar-refractivity contribution in [2.45, 2.75) is 56.8 Å². The minimum absolute atomic E-state index is 0.0355. The summed E-state index contributed by atoms with van der Waals surface area (Å²) in [6.07, 6.45) is 5.69. The van der Waals surface area contributed by atoms with Gasteiger partial charge in [-0.15, -0.1) is 0 Å². The molecule has 2 fully saturated rings. The van der Waals surface area contributed by atoms with E-state index in [1.807, 2.05) is 36.4 Å². The van der Waals surface area contributed by atoms with Gasteiger partial charge in [0.25, 0.3) is 5.91 Å². The first-order valence-electron chi connectivity index (χ1n) is 10.1. The Labute approximate surface area is 171 Å². The van der Waals surface area contributed by atoms with E-state index in [2.05, 4.69) is 22.3 Å². The monoisotopic (exact) mass is 398 g/mol. The van der Waals surface area contributed by atoms with E-state index in [1.165, 1.54) is 24.8 Å². The zero-order valence-corrected chi connectivity index (χ0v) is 17.0. The molecule has 2 unspecified atom stereocenters. The number of hydrogen-bond acceptors (Lipinski definition) is 3. The van der Waals surface area contributed by atoms with Gasteiger partial charge in [-0.2, -0.15) is 0 Å². The Morgan fingerprint density at radius 3 is 2.46 bits per heavy atom. The average molecular weight is 399 g/mol. The van der Waals surface area contributed by atoms with E-state index in [-0.39, 0.29) is 11.9 Å². The molecule has 0 saturated carbocycles. The van der Waals surface area contributed by atoms with Crippen molar-refractivity contribution in [1.29, 1.82) is 0 Å². The molecule has 4 nitrogen and oxygen atoms in total. The molecule has 28 heavy (non-hydrogen) atoms. The standard InChI is InChI=1S/C23H27ClN2O2/c1-28-22-8-3-2-7-21(22)23(27)25-18-13-19-5-4-6-20(14-18)26(19)15-16-9-11-17(24)12-10-16/h2-3,7-12,18-20H,4-6,13-15H2,1H3,(H,25,27). The molecule has 2 heterocycles. The molecule has 1 N–H and O–H groups in total. The largest absolute Gasteiger partial charge is 0.496 e. The minimum Gasteiger partial charge on any atom is -0.496 e. The topological polar surface area (TPSA) is 41.6 Å². The van der Waals surface area contributed by atoms with Crippen LogP contribution in [0.3, 0.4) is 0 Å². The summed E-state index contributed by atoms with van der Waals surface area (Å²) < 4.78 is 5.34. The third-order valence-electron chi connectivity index (χ3n) is 6.09. The molecule has 0 aliphatic carbocycles. The van der Waals surface area contributed by atoms with Gasteiger partial charge in [0.15, 0.2) is 0 Å². The predicted molar refractivity (Wildman–Crippen MR) is 112 cm³/mol. The Balaban J connectivity index is 1.43. The number of nitrogens with zero attached hydrogens (tertiary/aromatic N) is 1. The third kappa shape index (κ3) is 4.18. The highest BCUT2D eigenvalue weighted by Crippen LogP contribution is 2.35. The highest BCUT2D eigenvalue weighted by molar-refractivity contribution is 6.30. The summed E-state index contributed by atoms with van der Waals surface area (Å²) in [6.45, 7) is 0.958. The normalized spacial score (nSPS) is 24.6. The first-order valence-corrected chi connectivity index (χ1v) is 10.5. The minimum atomic E-state index is -0.0355. The molecule has 0 radical (unpaired) electrons. The van der Waals surface area contributed by atoms with Gasteiger partial charge in [-0.25, -0.2) is 0 Å². The van der Waals surface area contributed by atoms with E-state index in [9.17, 15) is 4.79 Å². The van der Waals surface area contributed by atoms with Gasteiger partial charge < -0.3 is 10.1 Å². The highest BCUT2D eigenvalue weighted by atomic mass is 35.5. The van der Waals surface area contributed by atoms with E-state index >= 15 is 0 Å². The van der Waals surface area contributed by atoms with Gasteiger partial charge in [0.05, 0.1) is 12.7 Å². The van der Waals surface area contributed by atoms with Crippen molar-refractivity contribution < 1.29 is 9.53 Å². The first kappa shape index (κ1) is 19.3. The molecule has 2 aliphatic heterocycles. The number of methoxy groups -OCH3 is 1. The number of halogens is 1. The number of ether oxygens (including phenoxy) is 1. The lowest BCUT2D eigenvalue weighted by Crippen LogP contribution is -2.56. The molecular weight excluding hydrogens is 372 g/mol. The van der Waals surface area contributed by atoms with Crippen LogP contribution in [0.15, 0.2) is 48.5 Å². The molecule has 0 spiro atoms. The lowest BCUT2D eigenvalue weighted by molar-refractivity contribution is 0.0177. The van der Waals surface area contributed by atoms with Crippen LogP contribution in [0.4, 0.5) is 0 Å². The fourth-order valence-electron chi connectivity index (χ4n) is 4.75. The number of nitrogens with one attached hydrogen (secondary N) is 1. The van der Waals surface area contributed by atoms with E-state index < -0.39 is 0 Å². The number of para-hydroxylation sites is 1. The summed E-state index contributed by atoms with van der Waals surface area (Å²) in [5.74, 6) is 0.590. The Morgan fingerprint density at radius 1 is 1.11 bits per heavy atom. The second-order valence-corrected chi connectivity index (χ2v) is 8.32. The summed E-state index contributed by atoms with van der Waals surface area (Å²) >= 11 is 6.03. The maximum absolute atomic E-state index is 12.8. The van der Waals surface area contributed by atoms with Gasteiger partial charge >= 0.3 is 0 Å². The second kappa shape index (κ2) is 8.54. The van der Waals surface area contributed by atoms with E-state index in [4.69, 9.17) is 16.3 Å². The predicted octanol–water partition coefficient (Wildman–Crippen LogP) is 4.66. The van der Waals surface area contributed by atoms with Crippen molar-refractivity contribution in [2.24, 2.45) is 0 Å². The third-order valence-corrected chi connectivity index (χ3v) is 6.34. The number of carbonyl (C=O) groups excluding carboxylic acids is 1. The molecule has 2 saturated heterocycles. The van der Waals surface area contributed by atoms with Crippen LogP contribution >= 0.6 is 11.6 Å². The van der Waals surface area contributed by atoms with Crippen LogP contribution < -0.4 is 10.1 Å². The van der Waals surface area contributed by atoms with Crippen LogP contribution in [-0.4, -0.2) is 36.0 Å². The number of carbonyl (C=O) groups is 1. The molecule has 2 atom stereocenters. The van der Waals surface area contributed by atoms with Gasteiger partial charge in [0.2, 0.25) is 0 Å². The second-order valence-electron chi connectivity index (χ2n) is 7.88. The molecule has 2 bridgehead atoms. The summed E-state index contributed by atoms with van der Waals surface area (Å²) in [5.41, 5.74) is 1.91. The molecule has 2 aromatic rings.